The normalized spacial score (nSPS) is 23.2. The quantitative estimate of drug-likeness (QED) is 0.900. The van der Waals surface area contributed by atoms with E-state index in [0.29, 0.717) is 6.04 Å². The zero-order chi connectivity index (χ0) is 12.4. The predicted octanol–water partition coefficient (Wildman–Crippen LogP) is 2.87. The summed E-state index contributed by atoms with van der Waals surface area (Å²) in [5.74, 6) is 0.767. The molecular weight excluding hydrogens is 224 g/mol. The first-order valence-corrected chi connectivity index (χ1v) is 6.54. The Balaban J connectivity index is 1.79. The van der Waals surface area contributed by atoms with E-state index >= 15 is 0 Å². The summed E-state index contributed by atoms with van der Waals surface area (Å²) in [7, 11) is 0. The second kappa shape index (κ2) is 4.80. The van der Waals surface area contributed by atoms with Crippen molar-refractivity contribution in [3.05, 3.63) is 36.9 Å². The van der Waals surface area contributed by atoms with Crippen molar-refractivity contribution in [3.8, 4) is 5.69 Å². The van der Waals surface area contributed by atoms with Crippen molar-refractivity contribution in [3.63, 3.8) is 0 Å². The van der Waals surface area contributed by atoms with Gasteiger partial charge in [0.1, 0.15) is 12.7 Å². The van der Waals surface area contributed by atoms with Crippen LogP contribution in [0.5, 0.6) is 0 Å². The van der Waals surface area contributed by atoms with E-state index in [1.165, 1.54) is 24.9 Å². The average Bonchev–Trinajstić information content (AvgIpc) is 3.02. The number of anilines is 1. The Kier molecular flexibility index (Phi) is 3.00. The third kappa shape index (κ3) is 2.23. The standard InChI is InChI=1S/C14H18N4/c1-11-4-2-7-14(11)17-12-5-3-6-13(8-12)18-9-15-16-10-18/h3,5-6,8-11,14,17H,2,4,7H2,1H3. The lowest BCUT2D eigenvalue weighted by Gasteiger charge is -2.19. The van der Waals surface area contributed by atoms with E-state index < -0.39 is 0 Å². The van der Waals surface area contributed by atoms with Crippen LogP contribution in [0.4, 0.5) is 5.69 Å². The topological polar surface area (TPSA) is 42.7 Å². The second-order valence-electron chi connectivity index (χ2n) is 5.08. The Hall–Kier alpha value is -1.84. The third-order valence-electron chi connectivity index (χ3n) is 3.78. The number of aromatic nitrogens is 3. The molecule has 0 saturated heterocycles. The van der Waals surface area contributed by atoms with E-state index in [2.05, 4.69) is 46.7 Å². The fourth-order valence-electron chi connectivity index (χ4n) is 2.66. The summed E-state index contributed by atoms with van der Waals surface area (Å²) in [4.78, 5) is 0. The fourth-order valence-corrected chi connectivity index (χ4v) is 2.66. The van der Waals surface area contributed by atoms with Gasteiger partial charge in [0.05, 0.1) is 5.69 Å². The first kappa shape index (κ1) is 11.3. The fraction of sp³-hybridized carbons (Fsp3) is 0.429. The Morgan fingerprint density at radius 2 is 2.06 bits per heavy atom. The predicted molar refractivity (Wildman–Crippen MR) is 71.8 cm³/mol. The minimum absolute atomic E-state index is 0.612. The van der Waals surface area contributed by atoms with Crippen molar-refractivity contribution in [2.45, 2.75) is 32.2 Å². The van der Waals surface area contributed by atoms with Gasteiger partial charge in [0.2, 0.25) is 0 Å². The molecule has 3 rings (SSSR count). The molecule has 0 bridgehead atoms. The summed E-state index contributed by atoms with van der Waals surface area (Å²) in [5.41, 5.74) is 2.27. The molecule has 1 aliphatic rings. The minimum Gasteiger partial charge on any atom is -0.382 e. The van der Waals surface area contributed by atoms with Crippen LogP contribution in [0.2, 0.25) is 0 Å². The highest BCUT2D eigenvalue weighted by Gasteiger charge is 2.22. The molecule has 0 radical (unpaired) electrons. The van der Waals surface area contributed by atoms with Crippen molar-refractivity contribution in [2.24, 2.45) is 5.92 Å². The van der Waals surface area contributed by atoms with E-state index in [1.807, 2.05) is 4.57 Å². The molecule has 94 valence electrons. The number of rotatable bonds is 3. The van der Waals surface area contributed by atoms with Crippen LogP contribution in [-0.2, 0) is 0 Å². The van der Waals surface area contributed by atoms with Gasteiger partial charge in [0.25, 0.3) is 0 Å². The smallest absolute Gasteiger partial charge is 0.123 e. The molecule has 1 heterocycles. The highest BCUT2D eigenvalue weighted by Crippen LogP contribution is 2.28. The van der Waals surface area contributed by atoms with Gasteiger partial charge in [-0.1, -0.05) is 19.4 Å². The molecule has 0 spiro atoms. The number of hydrogen-bond donors (Lipinski definition) is 1. The van der Waals surface area contributed by atoms with Crippen LogP contribution in [0, 0.1) is 5.92 Å². The lowest BCUT2D eigenvalue weighted by Crippen LogP contribution is -2.21. The lowest BCUT2D eigenvalue weighted by atomic mass is 10.1. The molecule has 1 N–H and O–H groups in total. The van der Waals surface area contributed by atoms with E-state index in [4.69, 9.17) is 0 Å². The first-order chi connectivity index (χ1) is 8.83. The van der Waals surface area contributed by atoms with Gasteiger partial charge in [-0.3, -0.25) is 4.57 Å². The van der Waals surface area contributed by atoms with Gasteiger partial charge in [0, 0.05) is 11.7 Å². The molecule has 1 fully saturated rings. The summed E-state index contributed by atoms with van der Waals surface area (Å²) in [5, 5.41) is 11.3. The molecule has 2 atom stereocenters. The maximum absolute atomic E-state index is 3.84. The lowest BCUT2D eigenvalue weighted by molar-refractivity contribution is 0.556. The summed E-state index contributed by atoms with van der Waals surface area (Å²) in [6.07, 6.45) is 7.39. The third-order valence-corrected chi connectivity index (χ3v) is 3.78. The zero-order valence-electron chi connectivity index (χ0n) is 10.6. The minimum atomic E-state index is 0.612. The van der Waals surface area contributed by atoms with Crippen molar-refractivity contribution in [1.29, 1.82) is 0 Å². The van der Waals surface area contributed by atoms with Crippen molar-refractivity contribution in [1.82, 2.24) is 14.8 Å². The van der Waals surface area contributed by atoms with Crippen molar-refractivity contribution in [2.75, 3.05) is 5.32 Å². The second-order valence-corrected chi connectivity index (χ2v) is 5.08. The molecular formula is C14H18N4. The van der Waals surface area contributed by atoms with E-state index in [0.717, 1.165) is 11.6 Å². The molecule has 2 unspecified atom stereocenters. The SMILES string of the molecule is CC1CCCC1Nc1cccc(-n2cnnc2)c1. The van der Waals surface area contributed by atoms with Gasteiger partial charge in [-0.15, -0.1) is 10.2 Å². The van der Waals surface area contributed by atoms with E-state index in [-0.39, 0.29) is 0 Å². The van der Waals surface area contributed by atoms with Crippen LogP contribution in [0.3, 0.4) is 0 Å². The van der Waals surface area contributed by atoms with Crippen LogP contribution >= 0.6 is 0 Å². The summed E-state index contributed by atoms with van der Waals surface area (Å²) in [6.45, 7) is 2.33. The molecule has 2 aromatic rings. The van der Waals surface area contributed by atoms with Crippen LogP contribution in [0.15, 0.2) is 36.9 Å². The molecule has 4 nitrogen and oxygen atoms in total. The van der Waals surface area contributed by atoms with Gasteiger partial charge < -0.3 is 5.32 Å². The molecule has 0 aliphatic heterocycles. The average molecular weight is 242 g/mol. The van der Waals surface area contributed by atoms with Crippen molar-refractivity contribution < 1.29 is 0 Å². The first-order valence-electron chi connectivity index (χ1n) is 6.54. The van der Waals surface area contributed by atoms with Crippen LogP contribution in [-0.4, -0.2) is 20.8 Å². The van der Waals surface area contributed by atoms with Crippen LogP contribution in [0.1, 0.15) is 26.2 Å². The van der Waals surface area contributed by atoms with Gasteiger partial charge in [-0.05, 0) is 37.0 Å². The molecule has 0 amide bonds. The molecule has 1 aromatic heterocycles. The summed E-state index contributed by atoms with van der Waals surface area (Å²) >= 11 is 0. The Bertz CT molecular complexity index is 506. The largest absolute Gasteiger partial charge is 0.382 e. The number of benzene rings is 1. The monoisotopic (exact) mass is 242 g/mol. The highest BCUT2D eigenvalue weighted by molar-refractivity contribution is 5.51. The summed E-state index contributed by atoms with van der Waals surface area (Å²) < 4.78 is 1.92. The van der Waals surface area contributed by atoms with Gasteiger partial charge in [-0.2, -0.15) is 0 Å². The van der Waals surface area contributed by atoms with Gasteiger partial charge in [-0.25, -0.2) is 0 Å². The Morgan fingerprint density at radius 1 is 1.22 bits per heavy atom. The highest BCUT2D eigenvalue weighted by atomic mass is 15.2. The maximum Gasteiger partial charge on any atom is 0.123 e. The number of nitrogens with one attached hydrogen (secondary N) is 1. The van der Waals surface area contributed by atoms with Crippen LogP contribution in [0.25, 0.3) is 5.69 Å². The zero-order valence-corrected chi connectivity index (χ0v) is 10.6. The molecule has 4 heteroatoms. The Labute approximate surface area is 107 Å². The van der Waals surface area contributed by atoms with Crippen LogP contribution < -0.4 is 5.32 Å². The number of hydrogen-bond acceptors (Lipinski definition) is 3. The molecule has 1 aliphatic carbocycles. The van der Waals surface area contributed by atoms with E-state index in [9.17, 15) is 0 Å². The number of nitrogens with zero attached hydrogens (tertiary/aromatic N) is 3. The molecule has 18 heavy (non-hydrogen) atoms. The van der Waals surface area contributed by atoms with E-state index in [1.54, 1.807) is 12.7 Å². The molecule has 1 saturated carbocycles. The van der Waals surface area contributed by atoms with Gasteiger partial charge in [0.15, 0.2) is 0 Å². The van der Waals surface area contributed by atoms with Gasteiger partial charge >= 0.3 is 0 Å². The Morgan fingerprint density at radius 3 is 2.78 bits per heavy atom. The maximum atomic E-state index is 3.84. The molecule has 1 aromatic carbocycles. The van der Waals surface area contributed by atoms with Crippen molar-refractivity contribution >= 4 is 5.69 Å². The summed E-state index contributed by atoms with van der Waals surface area (Å²) in [6, 6.07) is 9.01.